The molecule has 0 unspecified atom stereocenters. The molecule has 0 aliphatic rings. The van der Waals surface area contributed by atoms with Gasteiger partial charge in [0.25, 0.3) is 10.0 Å². The number of anilines is 1. The predicted molar refractivity (Wildman–Crippen MR) is 63.6 cm³/mol. The first kappa shape index (κ1) is 13.4. The minimum atomic E-state index is -4.19. The molecule has 0 bridgehead atoms. The predicted octanol–water partition coefficient (Wildman–Crippen LogP) is 2.90. The van der Waals surface area contributed by atoms with Gasteiger partial charge in [-0.2, -0.15) is 0 Å². The van der Waals surface area contributed by atoms with E-state index in [2.05, 4.69) is 4.72 Å². The van der Waals surface area contributed by atoms with Crippen molar-refractivity contribution in [3.05, 3.63) is 59.9 Å². The Hall–Kier alpha value is -2.02. The summed E-state index contributed by atoms with van der Waals surface area (Å²) in [4.78, 5) is -0.682. The Morgan fingerprint density at radius 3 is 2.00 bits per heavy atom. The van der Waals surface area contributed by atoms with Crippen molar-refractivity contribution in [1.82, 2.24) is 0 Å². The van der Waals surface area contributed by atoms with Gasteiger partial charge in [0.1, 0.15) is 22.3 Å². The first-order chi connectivity index (χ1) is 8.88. The molecular weight excluding hydrogens is 279 g/mol. The third-order valence-electron chi connectivity index (χ3n) is 2.28. The van der Waals surface area contributed by atoms with E-state index >= 15 is 0 Å². The van der Waals surface area contributed by atoms with Gasteiger partial charge in [-0.1, -0.05) is 0 Å². The quantitative estimate of drug-likeness (QED) is 0.943. The molecular formula is C12H8F3NO2S. The van der Waals surface area contributed by atoms with E-state index in [1.807, 2.05) is 0 Å². The topological polar surface area (TPSA) is 46.2 Å². The molecule has 0 heterocycles. The molecule has 100 valence electrons. The molecule has 0 saturated carbocycles. The molecule has 0 aliphatic carbocycles. The number of rotatable bonds is 3. The lowest BCUT2D eigenvalue weighted by Crippen LogP contribution is -2.14. The molecule has 0 aliphatic heterocycles. The molecule has 0 amide bonds. The summed E-state index contributed by atoms with van der Waals surface area (Å²) in [7, 11) is -4.19. The summed E-state index contributed by atoms with van der Waals surface area (Å²) in [6, 6.07) is 6.61. The summed E-state index contributed by atoms with van der Waals surface area (Å²) in [5.41, 5.74) is 0.0742. The van der Waals surface area contributed by atoms with E-state index in [0.29, 0.717) is 6.07 Å². The van der Waals surface area contributed by atoms with Crippen molar-refractivity contribution >= 4 is 15.7 Å². The van der Waals surface area contributed by atoms with E-state index in [4.69, 9.17) is 0 Å². The first-order valence-electron chi connectivity index (χ1n) is 5.12. The van der Waals surface area contributed by atoms with Gasteiger partial charge >= 0.3 is 0 Å². The van der Waals surface area contributed by atoms with Crippen molar-refractivity contribution in [3.63, 3.8) is 0 Å². The summed E-state index contributed by atoms with van der Waals surface area (Å²) in [5.74, 6) is -2.61. The maximum Gasteiger partial charge on any atom is 0.264 e. The van der Waals surface area contributed by atoms with Gasteiger partial charge in [-0.3, -0.25) is 4.72 Å². The number of benzene rings is 2. The highest BCUT2D eigenvalue weighted by Crippen LogP contribution is 2.19. The van der Waals surface area contributed by atoms with Crippen LogP contribution in [0.15, 0.2) is 47.4 Å². The van der Waals surface area contributed by atoms with Crippen LogP contribution in [-0.4, -0.2) is 8.42 Å². The molecule has 0 spiro atoms. The number of nitrogens with one attached hydrogen (secondary N) is 1. The maximum atomic E-state index is 13.4. The summed E-state index contributed by atoms with van der Waals surface area (Å²) in [6.45, 7) is 0. The zero-order valence-corrected chi connectivity index (χ0v) is 10.2. The third-order valence-corrected chi connectivity index (χ3v) is 3.69. The molecule has 0 atom stereocenters. The normalized spacial score (nSPS) is 11.3. The molecule has 7 heteroatoms. The van der Waals surface area contributed by atoms with Gasteiger partial charge < -0.3 is 0 Å². The minimum Gasteiger partial charge on any atom is -0.280 e. The lowest BCUT2D eigenvalue weighted by Gasteiger charge is -2.08. The molecule has 2 aromatic rings. The second-order valence-electron chi connectivity index (χ2n) is 3.69. The number of hydrogen-bond acceptors (Lipinski definition) is 2. The van der Waals surface area contributed by atoms with Gasteiger partial charge in [0.2, 0.25) is 0 Å². The number of halogens is 3. The maximum absolute atomic E-state index is 13.4. The SMILES string of the molecule is O=S(=O)(Nc1ccc(F)cc1)c1ccc(F)cc1F. The Morgan fingerprint density at radius 1 is 0.842 bits per heavy atom. The molecule has 0 fully saturated rings. The smallest absolute Gasteiger partial charge is 0.264 e. The molecule has 1 N–H and O–H groups in total. The van der Waals surface area contributed by atoms with Gasteiger partial charge in [0.15, 0.2) is 0 Å². The zero-order valence-electron chi connectivity index (χ0n) is 9.40. The number of hydrogen-bond donors (Lipinski definition) is 1. The van der Waals surface area contributed by atoms with Crippen LogP contribution in [0.2, 0.25) is 0 Å². The van der Waals surface area contributed by atoms with Gasteiger partial charge in [0, 0.05) is 11.8 Å². The van der Waals surface area contributed by atoms with Crippen molar-refractivity contribution in [2.75, 3.05) is 4.72 Å². The lowest BCUT2D eigenvalue weighted by atomic mass is 10.3. The van der Waals surface area contributed by atoms with Crippen LogP contribution < -0.4 is 4.72 Å². The fraction of sp³-hybridized carbons (Fsp3) is 0. The van der Waals surface area contributed by atoms with E-state index in [0.717, 1.165) is 24.3 Å². The standard InChI is InChI=1S/C12H8F3NO2S/c13-8-1-4-10(5-2-8)16-19(17,18)12-6-3-9(14)7-11(12)15/h1-7,16H. The van der Waals surface area contributed by atoms with Crippen molar-refractivity contribution in [3.8, 4) is 0 Å². The Bertz CT molecular complexity index is 699. The average Bonchev–Trinajstić information content (AvgIpc) is 2.31. The van der Waals surface area contributed by atoms with Crippen LogP contribution in [0.4, 0.5) is 18.9 Å². The second-order valence-corrected chi connectivity index (χ2v) is 5.34. The zero-order chi connectivity index (χ0) is 14.0. The molecule has 0 radical (unpaired) electrons. The number of sulfonamides is 1. The van der Waals surface area contributed by atoms with Crippen molar-refractivity contribution < 1.29 is 21.6 Å². The lowest BCUT2D eigenvalue weighted by molar-refractivity contribution is 0.551. The molecule has 0 saturated heterocycles. The fourth-order valence-electron chi connectivity index (χ4n) is 1.42. The van der Waals surface area contributed by atoms with Crippen LogP contribution in [0.1, 0.15) is 0 Å². The van der Waals surface area contributed by atoms with Crippen LogP contribution in [-0.2, 0) is 10.0 Å². The Morgan fingerprint density at radius 2 is 1.42 bits per heavy atom. The van der Waals surface area contributed by atoms with E-state index in [-0.39, 0.29) is 5.69 Å². The molecule has 0 aromatic heterocycles. The average molecular weight is 287 g/mol. The highest BCUT2D eigenvalue weighted by Gasteiger charge is 2.19. The van der Waals surface area contributed by atoms with Crippen LogP contribution in [0.5, 0.6) is 0 Å². The van der Waals surface area contributed by atoms with Gasteiger partial charge in [-0.05, 0) is 36.4 Å². The van der Waals surface area contributed by atoms with E-state index in [1.165, 1.54) is 12.1 Å². The highest BCUT2D eigenvalue weighted by atomic mass is 32.2. The third kappa shape index (κ3) is 3.05. The first-order valence-corrected chi connectivity index (χ1v) is 6.60. The fourth-order valence-corrected chi connectivity index (χ4v) is 2.54. The molecule has 3 nitrogen and oxygen atoms in total. The van der Waals surface area contributed by atoms with Crippen LogP contribution in [0.3, 0.4) is 0 Å². The molecule has 2 aromatic carbocycles. The van der Waals surface area contributed by atoms with Crippen LogP contribution >= 0.6 is 0 Å². The molecule has 2 rings (SSSR count). The van der Waals surface area contributed by atoms with Gasteiger partial charge in [-0.15, -0.1) is 0 Å². The largest absolute Gasteiger partial charge is 0.280 e. The summed E-state index contributed by atoms with van der Waals surface area (Å²) >= 11 is 0. The minimum absolute atomic E-state index is 0.0742. The van der Waals surface area contributed by atoms with Gasteiger partial charge in [0.05, 0.1) is 0 Å². The second kappa shape index (κ2) is 4.93. The highest BCUT2D eigenvalue weighted by molar-refractivity contribution is 7.92. The van der Waals surface area contributed by atoms with E-state index in [9.17, 15) is 21.6 Å². The van der Waals surface area contributed by atoms with Crippen molar-refractivity contribution in [2.24, 2.45) is 0 Å². The van der Waals surface area contributed by atoms with Crippen molar-refractivity contribution in [1.29, 1.82) is 0 Å². The van der Waals surface area contributed by atoms with Crippen molar-refractivity contribution in [2.45, 2.75) is 4.90 Å². The van der Waals surface area contributed by atoms with Crippen LogP contribution in [0.25, 0.3) is 0 Å². The summed E-state index contributed by atoms with van der Waals surface area (Å²) < 4.78 is 64.5. The van der Waals surface area contributed by atoms with Crippen LogP contribution in [0, 0.1) is 17.5 Å². The Labute approximate surface area is 107 Å². The molecule has 19 heavy (non-hydrogen) atoms. The Balaban J connectivity index is 2.35. The monoisotopic (exact) mass is 287 g/mol. The van der Waals surface area contributed by atoms with Gasteiger partial charge in [-0.25, -0.2) is 21.6 Å². The summed E-state index contributed by atoms with van der Waals surface area (Å²) in [6.07, 6.45) is 0. The van der Waals surface area contributed by atoms with E-state index in [1.54, 1.807) is 0 Å². The Kier molecular flexibility index (Phi) is 3.48. The van der Waals surface area contributed by atoms with E-state index < -0.39 is 32.4 Å². The summed E-state index contributed by atoms with van der Waals surface area (Å²) in [5, 5.41) is 0.